The van der Waals surface area contributed by atoms with Gasteiger partial charge in [-0.15, -0.1) is 0 Å². The molecule has 0 spiro atoms. The van der Waals surface area contributed by atoms with Gasteiger partial charge < -0.3 is 0 Å². The number of amides is 1. The summed E-state index contributed by atoms with van der Waals surface area (Å²) in [5.74, 6) is -0.369. The van der Waals surface area contributed by atoms with Gasteiger partial charge in [-0.25, -0.2) is 5.48 Å². The van der Waals surface area contributed by atoms with Gasteiger partial charge in [0.25, 0.3) is 5.91 Å². The van der Waals surface area contributed by atoms with E-state index in [1.54, 1.807) is 5.48 Å². The Kier molecular flexibility index (Phi) is 3.25. The van der Waals surface area contributed by atoms with Crippen molar-refractivity contribution in [3.05, 3.63) is 35.9 Å². The molecule has 0 saturated carbocycles. The first-order valence-electron chi connectivity index (χ1n) is 4.65. The van der Waals surface area contributed by atoms with Crippen LogP contribution in [-0.4, -0.2) is 11.1 Å². The molecule has 0 aromatic heterocycles. The minimum Gasteiger partial charge on any atom is -0.289 e. The van der Waals surface area contributed by atoms with Crippen LogP contribution >= 0.6 is 0 Å². The largest absolute Gasteiger partial charge is 0.289 e. The summed E-state index contributed by atoms with van der Waals surface area (Å²) >= 11 is 0. The maximum absolute atomic E-state index is 11.5. The molecular weight excluding hydrogens is 178 g/mol. The number of hydrogen-bond donors (Lipinski definition) is 2. The predicted octanol–water partition coefficient (Wildman–Crippen LogP) is 1.86. The standard InChI is InChI=1S/C11H15NO2/c1-3-11(2,10(13)12-14)9-7-5-4-6-8-9/h4-8,14H,3H2,1-2H3,(H,12,13). The van der Waals surface area contributed by atoms with Gasteiger partial charge in [-0.1, -0.05) is 37.3 Å². The molecule has 3 heteroatoms. The highest BCUT2D eigenvalue weighted by molar-refractivity contribution is 5.86. The van der Waals surface area contributed by atoms with E-state index in [0.717, 1.165) is 5.56 Å². The van der Waals surface area contributed by atoms with Crippen LogP contribution in [0.3, 0.4) is 0 Å². The smallest absolute Gasteiger partial charge is 0.253 e. The lowest BCUT2D eigenvalue weighted by molar-refractivity contribution is -0.134. The van der Waals surface area contributed by atoms with Crippen molar-refractivity contribution < 1.29 is 10.0 Å². The van der Waals surface area contributed by atoms with Crippen molar-refractivity contribution in [2.75, 3.05) is 0 Å². The number of hydroxylamine groups is 1. The molecule has 1 unspecified atom stereocenters. The Morgan fingerprint density at radius 2 is 2.00 bits per heavy atom. The number of rotatable bonds is 3. The fraction of sp³-hybridized carbons (Fsp3) is 0.364. The third-order valence-corrected chi connectivity index (χ3v) is 2.72. The summed E-state index contributed by atoms with van der Waals surface area (Å²) in [6.45, 7) is 3.73. The zero-order valence-electron chi connectivity index (χ0n) is 8.45. The second-order valence-corrected chi connectivity index (χ2v) is 3.49. The summed E-state index contributed by atoms with van der Waals surface area (Å²) < 4.78 is 0. The molecule has 1 atom stereocenters. The second kappa shape index (κ2) is 4.24. The van der Waals surface area contributed by atoms with Gasteiger partial charge in [0.2, 0.25) is 0 Å². The lowest BCUT2D eigenvalue weighted by atomic mass is 9.79. The van der Waals surface area contributed by atoms with Gasteiger partial charge in [-0.3, -0.25) is 10.0 Å². The van der Waals surface area contributed by atoms with E-state index in [9.17, 15) is 4.79 Å². The van der Waals surface area contributed by atoms with Crippen LogP contribution in [0.5, 0.6) is 0 Å². The van der Waals surface area contributed by atoms with E-state index in [2.05, 4.69) is 0 Å². The van der Waals surface area contributed by atoms with E-state index in [4.69, 9.17) is 5.21 Å². The van der Waals surface area contributed by atoms with Gasteiger partial charge in [0.15, 0.2) is 0 Å². The Morgan fingerprint density at radius 3 is 2.43 bits per heavy atom. The highest BCUT2D eigenvalue weighted by Crippen LogP contribution is 2.27. The van der Waals surface area contributed by atoms with Gasteiger partial charge in [-0.05, 0) is 18.9 Å². The van der Waals surface area contributed by atoms with E-state index in [1.165, 1.54) is 0 Å². The molecule has 1 aromatic carbocycles. The van der Waals surface area contributed by atoms with Gasteiger partial charge in [0.1, 0.15) is 0 Å². The van der Waals surface area contributed by atoms with Crippen molar-refractivity contribution in [2.45, 2.75) is 25.7 Å². The van der Waals surface area contributed by atoms with Gasteiger partial charge in [0.05, 0.1) is 5.41 Å². The van der Waals surface area contributed by atoms with Gasteiger partial charge >= 0.3 is 0 Å². The quantitative estimate of drug-likeness (QED) is 0.568. The molecule has 0 bridgehead atoms. The summed E-state index contributed by atoms with van der Waals surface area (Å²) in [5, 5.41) is 8.66. The van der Waals surface area contributed by atoms with Crippen LogP contribution in [-0.2, 0) is 10.2 Å². The van der Waals surface area contributed by atoms with Crippen molar-refractivity contribution in [3.8, 4) is 0 Å². The average Bonchev–Trinajstić information content (AvgIpc) is 2.28. The molecule has 2 N–H and O–H groups in total. The Morgan fingerprint density at radius 1 is 1.43 bits per heavy atom. The Bertz CT molecular complexity index is 310. The molecule has 0 saturated heterocycles. The third kappa shape index (κ3) is 1.77. The van der Waals surface area contributed by atoms with E-state index in [-0.39, 0.29) is 5.91 Å². The number of carbonyl (C=O) groups is 1. The van der Waals surface area contributed by atoms with Gasteiger partial charge in [-0.2, -0.15) is 0 Å². The van der Waals surface area contributed by atoms with Crippen molar-refractivity contribution in [3.63, 3.8) is 0 Å². The Balaban J connectivity index is 3.08. The molecule has 1 amide bonds. The molecule has 0 fully saturated rings. The molecule has 3 nitrogen and oxygen atoms in total. The topological polar surface area (TPSA) is 49.3 Å². The first-order valence-corrected chi connectivity index (χ1v) is 4.65. The average molecular weight is 193 g/mol. The van der Waals surface area contributed by atoms with Crippen molar-refractivity contribution in [2.24, 2.45) is 0 Å². The van der Waals surface area contributed by atoms with Crippen molar-refractivity contribution in [1.82, 2.24) is 5.48 Å². The monoisotopic (exact) mass is 193 g/mol. The summed E-state index contributed by atoms with van der Waals surface area (Å²) in [5.41, 5.74) is 1.97. The number of nitrogens with one attached hydrogen (secondary N) is 1. The lowest BCUT2D eigenvalue weighted by Gasteiger charge is -2.25. The zero-order chi connectivity index (χ0) is 10.6. The van der Waals surface area contributed by atoms with Crippen LogP contribution in [0.1, 0.15) is 25.8 Å². The Hall–Kier alpha value is -1.35. The molecule has 0 aliphatic heterocycles. The number of hydrogen-bond acceptors (Lipinski definition) is 2. The van der Waals surface area contributed by atoms with E-state index >= 15 is 0 Å². The molecule has 0 aliphatic rings. The lowest BCUT2D eigenvalue weighted by Crippen LogP contribution is -2.40. The fourth-order valence-electron chi connectivity index (χ4n) is 1.43. The number of carbonyl (C=O) groups excluding carboxylic acids is 1. The molecule has 0 radical (unpaired) electrons. The molecule has 1 rings (SSSR count). The minimum absolute atomic E-state index is 0.369. The molecular formula is C11H15NO2. The van der Waals surface area contributed by atoms with Crippen LogP contribution in [0, 0.1) is 0 Å². The van der Waals surface area contributed by atoms with E-state index < -0.39 is 5.41 Å². The van der Waals surface area contributed by atoms with E-state index in [1.807, 2.05) is 44.2 Å². The first kappa shape index (κ1) is 10.7. The summed E-state index contributed by atoms with van der Waals surface area (Å²) in [6.07, 6.45) is 0.642. The number of benzene rings is 1. The maximum atomic E-state index is 11.5. The molecule has 0 heterocycles. The zero-order valence-corrected chi connectivity index (χ0v) is 8.45. The van der Waals surface area contributed by atoms with Gasteiger partial charge in [0, 0.05) is 0 Å². The van der Waals surface area contributed by atoms with E-state index in [0.29, 0.717) is 6.42 Å². The van der Waals surface area contributed by atoms with Crippen LogP contribution in [0.4, 0.5) is 0 Å². The predicted molar refractivity (Wildman–Crippen MR) is 54.0 cm³/mol. The maximum Gasteiger partial charge on any atom is 0.253 e. The summed E-state index contributed by atoms with van der Waals surface area (Å²) in [4.78, 5) is 11.5. The normalized spacial score (nSPS) is 14.5. The summed E-state index contributed by atoms with van der Waals surface area (Å²) in [6, 6.07) is 9.44. The third-order valence-electron chi connectivity index (χ3n) is 2.72. The van der Waals surface area contributed by atoms with Crippen LogP contribution in [0.15, 0.2) is 30.3 Å². The summed E-state index contributed by atoms with van der Waals surface area (Å²) in [7, 11) is 0. The molecule has 14 heavy (non-hydrogen) atoms. The first-order chi connectivity index (χ1) is 6.65. The minimum atomic E-state index is -0.657. The van der Waals surface area contributed by atoms with Crippen LogP contribution < -0.4 is 5.48 Å². The SMILES string of the molecule is CCC(C)(C(=O)NO)c1ccccc1. The highest BCUT2D eigenvalue weighted by Gasteiger charge is 2.32. The van der Waals surface area contributed by atoms with Crippen LogP contribution in [0.25, 0.3) is 0 Å². The molecule has 76 valence electrons. The van der Waals surface area contributed by atoms with Crippen LogP contribution in [0.2, 0.25) is 0 Å². The van der Waals surface area contributed by atoms with Crippen molar-refractivity contribution in [1.29, 1.82) is 0 Å². The molecule has 0 aliphatic carbocycles. The Labute approximate surface area is 83.7 Å². The fourth-order valence-corrected chi connectivity index (χ4v) is 1.43. The highest BCUT2D eigenvalue weighted by atomic mass is 16.5. The van der Waals surface area contributed by atoms with Crippen molar-refractivity contribution >= 4 is 5.91 Å². The molecule has 1 aromatic rings. The second-order valence-electron chi connectivity index (χ2n) is 3.49.